The Kier molecular flexibility index (Phi) is 18.4. The fourth-order valence-corrected chi connectivity index (χ4v) is 15.1. The van der Waals surface area contributed by atoms with Crippen molar-refractivity contribution >= 4 is 69.1 Å². The SMILES string of the molecule is [Au].[Au].[CH2-]P([CH2-])(Cl)(c1ccccc1)c1ccccc1.[CH2-]P([CH2-])(O[Cl+3]([O-])([O-])[O-])(c1ccccc1)c1ccccc1.c1ccc(P(c2ccccc2)c2ccccc2)cc1. The van der Waals surface area contributed by atoms with Gasteiger partial charge in [-0.3, -0.25) is 0 Å². The summed E-state index contributed by atoms with van der Waals surface area (Å²) in [5.74, 6) is -2.96. The minimum atomic E-state index is -4.66. The van der Waals surface area contributed by atoms with E-state index in [-0.39, 0.29) is 44.8 Å². The molecule has 7 aromatic carbocycles. The number of halogens is 2. The zero-order valence-corrected chi connectivity index (χ0v) is 39.4. The molecule has 0 aromatic heterocycles. The maximum absolute atomic E-state index is 11.1. The quantitative estimate of drug-likeness (QED) is 0.0890. The Morgan fingerprint density at radius 2 is 0.596 bits per heavy atom. The van der Waals surface area contributed by atoms with Gasteiger partial charge < -0.3 is 0 Å². The van der Waals surface area contributed by atoms with Crippen LogP contribution >= 0.6 is 31.9 Å². The van der Waals surface area contributed by atoms with Crippen LogP contribution in [0.2, 0.25) is 0 Å². The Labute approximate surface area is 377 Å². The van der Waals surface area contributed by atoms with E-state index in [4.69, 9.17) is 15.3 Å². The molecule has 0 N–H and O–H groups in total. The Bertz CT molecular complexity index is 2020. The van der Waals surface area contributed by atoms with E-state index in [2.05, 4.69) is 118 Å². The van der Waals surface area contributed by atoms with Crippen LogP contribution in [0.3, 0.4) is 0 Å². The molecule has 0 fully saturated rings. The Hall–Kier alpha value is -2.27. The average Bonchev–Trinajstić information content (AvgIpc) is 3.20. The van der Waals surface area contributed by atoms with Crippen LogP contribution in [0, 0.1) is 36.9 Å². The predicted molar refractivity (Wildman–Crippen MR) is 232 cm³/mol. The van der Waals surface area contributed by atoms with Crippen LogP contribution < -0.4 is 51.1 Å². The van der Waals surface area contributed by atoms with Crippen molar-refractivity contribution in [1.29, 1.82) is 0 Å². The smallest absolute Gasteiger partial charge is 0.0134 e. The van der Waals surface area contributed by atoms with Crippen molar-refractivity contribution in [2.75, 3.05) is 0 Å². The number of rotatable bonds is 9. The average molecular weight is 1220 g/mol. The molecule has 306 valence electrons. The van der Waals surface area contributed by atoms with Gasteiger partial charge in [0, 0.05) is 44.8 Å². The first-order valence-electron chi connectivity index (χ1n) is 17.2. The number of hydrogen-bond acceptors (Lipinski definition) is 4. The van der Waals surface area contributed by atoms with E-state index < -0.39 is 31.0 Å². The summed E-state index contributed by atoms with van der Waals surface area (Å²) in [5, 5.41) is 7.19. The molecular weight excluding hydrogens is 1170 g/mol. The van der Waals surface area contributed by atoms with Gasteiger partial charge in [-0.15, -0.1) is 0 Å². The standard InChI is InChI=1S/C18H15P.C14H14ClO4P.C14H14ClP.2Au/c1-4-10-16(11-5-1)19(17-12-6-2-7-13-17)18-14-8-3-9-15-18;1-20(2,19-15(16,17)18,13-9-5-3-6-10-13)14-11-7-4-8-12-14;1-16(2,15,13-9-5-3-6-10-13)14-11-7-4-8-12-14;;/h1-15H;3-12H,1-2H2;3-12H,1-2H2;;/q;2*-2;;. The Morgan fingerprint density at radius 1 is 0.386 bits per heavy atom. The molecule has 0 aliphatic carbocycles. The first-order chi connectivity index (χ1) is 26.2. The van der Waals surface area contributed by atoms with Gasteiger partial charge in [0.25, 0.3) is 0 Å². The minimum absolute atomic E-state index is 0. The second-order valence-electron chi connectivity index (χ2n) is 12.9. The van der Waals surface area contributed by atoms with Crippen molar-refractivity contribution in [3.05, 3.63) is 239 Å². The van der Waals surface area contributed by atoms with Gasteiger partial charge in [0.05, 0.1) is 0 Å². The summed E-state index contributed by atoms with van der Waals surface area (Å²) in [6.07, 6.45) is 0. The first kappa shape index (κ1) is 49.1. The molecule has 0 amide bonds. The molecule has 11 heteroatoms. The molecule has 0 aliphatic rings. The van der Waals surface area contributed by atoms with E-state index in [1.807, 2.05) is 60.7 Å². The second kappa shape index (κ2) is 21.3. The van der Waals surface area contributed by atoms with Gasteiger partial charge in [0.15, 0.2) is 0 Å². The third-order valence-corrected chi connectivity index (χ3v) is 20.3. The molecule has 0 atom stereocenters. The van der Waals surface area contributed by atoms with Crippen LogP contribution in [-0.4, -0.2) is 0 Å². The molecule has 2 radical (unpaired) electrons. The van der Waals surface area contributed by atoms with E-state index in [0.29, 0.717) is 10.6 Å². The fraction of sp³-hybridized carbons (Fsp3) is 0. The maximum Gasteiger partial charge on any atom is -0.0134 e. The molecular formula is C46H43Au2Cl2O4P3-4. The molecule has 0 saturated heterocycles. The van der Waals surface area contributed by atoms with Crippen molar-refractivity contribution in [2.24, 2.45) is 0 Å². The third-order valence-electron chi connectivity index (χ3n) is 8.70. The van der Waals surface area contributed by atoms with Crippen molar-refractivity contribution < 1.29 is 73.1 Å². The summed E-state index contributed by atoms with van der Waals surface area (Å²) in [5.41, 5.74) is 0. The Balaban J connectivity index is 0.000000226. The fourth-order valence-electron chi connectivity index (χ4n) is 5.85. The number of benzene rings is 7. The zero-order valence-electron chi connectivity index (χ0n) is 30.9. The van der Waals surface area contributed by atoms with Gasteiger partial charge in [0.2, 0.25) is 0 Å². The normalized spacial score (nSPS) is 12.6. The summed E-state index contributed by atoms with van der Waals surface area (Å²) in [4.78, 5) is 0. The van der Waals surface area contributed by atoms with Gasteiger partial charge in [-0.05, 0) is 23.8 Å². The zero-order chi connectivity index (χ0) is 39.5. The molecule has 0 saturated carbocycles. The number of hydrogen-bond donors (Lipinski definition) is 0. The summed E-state index contributed by atoms with van der Waals surface area (Å²) in [6.45, 7) is 12.3. The summed E-state index contributed by atoms with van der Waals surface area (Å²) >= 11 is 6.75. The maximum atomic E-state index is 11.1. The van der Waals surface area contributed by atoms with Crippen LogP contribution in [0.15, 0.2) is 212 Å². The van der Waals surface area contributed by atoms with Gasteiger partial charge >= 0.3 is 222 Å². The van der Waals surface area contributed by atoms with Crippen molar-refractivity contribution in [1.82, 2.24) is 0 Å². The largest absolute Gasteiger partial charge is 0.0622 e. The molecule has 0 bridgehead atoms. The van der Waals surface area contributed by atoms with E-state index in [9.17, 15) is 14.0 Å². The van der Waals surface area contributed by atoms with Gasteiger partial charge in [-0.2, -0.15) is 0 Å². The van der Waals surface area contributed by atoms with Crippen molar-refractivity contribution in [3.63, 3.8) is 0 Å². The summed E-state index contributed by atoms with van der Waals surface area (Å²) in [7, 11) is -5.10. The topological polar surface area (TPSA) is 78.4 Å². The monoisotopic (exact) mass is 1220 g/mol. The van der Waals surface area contributed by atoms with Crippen LogP contribution in [0.25, 0.3) is 0 Å². The van der Waals surface area contributed by atoms with Crippen LogP contribution in [0.5, 0.6) is 0 Å². The molecule has 0 aliphatic heterocycles. The van der Waals surface area contributed by atoms with E-state index >= 15 is 0 Å². The minimum Gasteiger partial charge on any atom is -0.0622 e. The second-order valence-corrected chi connectivity index (χ2v) is 26.5. The molecule has 0 heterocycles. The Morgan fingerprint density at radius 3 is 0.825 bits per heavy atom. The van der Waals surface area contributed by atoms with Gasteiger partial charge in [-0.25, -0.2) is 0 Å². The molecule has 0 spiro atoms. The van der Waals surface area contributed by atoms with Crippen LogP contribution in [-0.2, 0) is 48.8 Å². The summed E-state index contributed by atoms with van der Waals surface area (Å²) in [6, 6.07) is 69.2. The molecule has 7 rings (SSSR count). The molecule has 57 heavy (non-hydrogen) atoms. The molecule has 0 unspecified atom stereocenters. The van der Waals surface area contributed by atoms with E-state index in [0.717, 1.165) is 10.6 Å². The van der Waals surface area contributed by atoms with E-state index in [1.54, 1.807) is 60.7 Å². The van der Waals surface area contributed by atoms with Crippen LogP contribution in [0.4, 0.5) is 0 Å². The van der Waals surface area contributed by atoms with Crippen LogP contribution in [0.1, 0.15) is 0 Å². The molecule has 7 aromatic rings. The summed E-state index contributed by atoms with van der Waals surface area (Å²) < 4.78 is 38.3. The van der Waals surface area contributed by atoms with Gasteiger partial charge in [0.1, 0.15) is 0 Å². The van der Waals surface area contributed by atoms with Crippen molar-refractivity contribution in [2.45, 2.75) is 0 Å². The van der Waals surface area contributed by atoms with Crippen molar-refractivity contribution in [3.8, 4) is 0 Å². The third kappa shape index (κ3) is 13.1. The molecule has 4 nitrogen and oxygen atoms in total. The first-order valence-corrected chi connectivity index (χ1v) is 25.8. The van der Waals surface area contributed by atoms with E-state index in [1.165, 1.54) is 15.9 Å². The van der Waals surface area contributed by atoms with Gasteiger partial charge in [-0.1, -0.05) is 91.0 Å². The predicted octanol–water partition coefficient (Wildman–Crippen LogP) is 6.97.